The van der Waals surface area contributed by atoms with Crippen LogP contribution in [-0.4, -0.2) is 36.1 Å². The first kappa shape index (κ1) is 16.8. The van der Waals surface area contributed by atoms with Gasteiger partial charge < -0.3 is 10.2 Å². The molecule has 0 aliphatic carbocycles. The summed E-state index contributed by atoms with van der Waals surface area (Å²) < 4.78 is 13.9. The molecule has 0 aromatic heterocycles. The maximum Gasteiger partial charge on any atom is 0.290 e. The monoisotopic (exact) mass is 340 g/mol. The first-order valence-corrected chi connectivity index (χ1v) is 7.88. The normalized spacial score (nSPS) is 17.0. The molecule has 0 bridgehead atoms. The zero-order valence-electron chi connectivity index (χ0n) is 13.7. The average Bonchev–Trinajstić information content (AvgIpc) is 2.88. The first-order valence-electron chi connectivity index (χ1n) is 7.88. The molecule has 0 spiro atoms. The van der Waals surface area contributed by atoms with Crippen LogP contribution in [0.5, 0.6) is 0 Å². The number of hydrogen-bond donors (Lipinski definition) is 1. The molecule has 1 aliphatic rings. The van der Waals surface area contributed by atoms with Gasteiger partial charge in [-0.15, -0.1) is 0 Å². The highest BCUT2D eigenvalue weighted by molar-refractivity contribution is 6.42. The number of carbonyl (C=O) groups excluding carboxylic acids is 3. The van der Waals surface area contributed by atoms with Gasteiger partial charge in [0, 0.05) is 25.7 Å². The summed E-state index contributed by atoms with van der Waals surface area (Å²) in [6.07, 6.45) is 0. The minimum absolute atomic E-state index is 0.0960. The number of rotatable bonds is 4. The number of likely N-dealkylation sites (N-methyl/N-ethyl adjacent to an activating group) is 1. The van der Waals surface area contributed by atoms with Gasteiger partial charge in [0.15, 0.2) is 0 Å². The van der Waals surface area contributed by atoms with Crippen LogP contribution in [-0.2, 0) is 20.9 Å². The fourth-order valence-electron chi connectivity index (χ4n) is 2.84. The number of ketones is 1. The minimum Gasteiger partial charge on any atom is -0.351 e. The highest BCUT2D eigenvalue weighted by Gasteiger charge is 2.41. The van der Waals surface area contributed by atoms with Crippen LogP contribution in [0.3, 0.4) is 0 Å². The van der Waals surface area contributed by atoms with Gasteiger partial charge in [-0.2, -0.15) is 0 Å². The van der Waals surface area contributed by atoms with E-state index in [2.05, 4.69) is 5.32 Å². The second-order valence-electron chi connectivity index (χ2n) is 6.00. The van der Waals surface area contributed by atoms with Crippen LogP contribution in [0.4, 0.5) is 4.39 Å². The largest absolute Gasteiger partial charge is 0.351 e. The molecular weight excluding hydrogens is 323 g/mol. The average molecular weight is 340 g/mol. The number of amides is 2. The van der Waals surface area contributed by atoms with Gasteiger partial charge in [0.2, 0.25) is 11.7 Å². The van der Waals surface area contributed by atoms with E-state index in [1.54, 1.807) is 42.5 Å². The van der Waals surface area contributed by atoms with Gasteiger partial charge in [0.1, 0.15) is 11.7 Å². The highest BCUT2D eigenvalue weighted by atomic mass is 19.1. The zero-order chi connectivity index (χ0) is 18.0. The first-order chi connectivity index (χ1) is 12.0. The molecule has 2 aromatic rings. The van der Waals surface area contributed by atoms with Crippen LogP contribution in [0.1, 0.15) is 5.56 Å². The number of nitrogens with one attached hydrogen (secondary N) is 1. The maximum atomic E-state index is 13.9. The summed E-state index contributed by atoms with van der Waals surface area (Å²) in [6.45, 7) is 0.293. The van der Waals surface area contributed by atoms with Crippen molar-refractivity contribution in [1.29, 1.82) is 0 Å². The van der Waals surface area contributed by atoms with Crippen molar-refractivity contribution >= 4 is 17.6 Å². The van der Waals surface area contributed by atoms with Crippen molar-refractivity contribution in [2.75, 3.05) is 13.6 Å². The van der Waals surface area contributed by atoms with Crippen LogP contribution in [0.2, 0.25) is 0 Å². The van der Waals surface area contributed by atoms with Gasteiger partial charge in [-0.1, -0.05) is 36.4 Å². The van der Waals surface area contributed by atoms with E-state index in [1.807, 2.05) is 0 Å². The van der Waals surface area contributed by atoms with E-state index in [9.17, 15) is 18.8 Å². The number of nitrogens with zero attached hydrogens (tertiary/aromatic N) is 1. The van der Waals surface area contributed by atoms with Gasteiger partial charge in [-0.05, 0) is 23.3 Å². The lowest BCUT2D eigenvalue weighted by molar-refractivity contribution is -0.142. The number of Topliss-reactive ketones (excluding diaryl/α,β-unsaturated/α-hetero) is 1. The molecule has 1 heterocycles. The van der Waals surface area contributed by atoms with Gasteiger partial charge in [0.25, 0.3) is 5.91 Å². The fourth-order valence-corrected chi connectivity index (χ4v) is 2.84. The van der Waals surface area contributed by atoms with Crippen molar-refractivity contribution in [3.63, 3.8) is 0 Å². The number of hydrogen-bond acceptors (Lipinski definition) is 3. The molecule has 6 heteroatoms. The van der Waals surface area contributed by atoms with Crippen LogP contribution < -0.4 is 5.32 Å². The predicted molar refractivity (Wildman–Crippen MR) is 89.8 cm³/mol. The Bertz CT molecular complexity index is 850. The fraction of sp³-hybridized carbons (Fsp3) is 0.211. The summed E-state index contributed by atoms with van der Waals surface area (Å²) in [6, 6.07) is 13.6. The number of benzene rings is 2. The number of carbonyl (C=O) groups is 3. The molecule has 0 radical (unpaired) electrons. The lowest BCUT2D eigenvalue weighted by atomic mass is 10.0. The third kappa shape index (κ3) is 3.42. The molecule has 2 aromatic carbocycles. The van der Waals surface area contributed by atoms with Gasteiger partial charge >= 0.3 is 0 Å². The summed E-state index contributed by atoms with van der Waals surface area (Å²) in [5.41, 5.74) is 1.96. The predicted octanol–water partition coefficient (Wildman–Crippen LogP) is 1.77. The van der Waals surface area contributed by atoms with Crippen LogP contribution in [0, 0.1) is 11.7 Å². The van der Waals surface area contributed by atoms with Crippen molar-refractivity contribution in [2.45, 2.75) is 6.54 Å². The van der Waals surface area contributed by atoms with Crippen LogP contribution in [0.25, 0.3) is 11.1 Å². The van der Waals surface area contributed by atoms with Gasteiger partial charge in [-0.3, -0.25) is 14.4 Å². The van der Waals surface area contributed by atoms with Gasteiger partial charge in [0.05, 0.1) is 0 Å². The van der Waals surface area contributed by atoms with E-state index in [0.717, 1.165) is 5.56 Å². The summed E-state index contributed by atoms with van der Waals surface area (Å²) in [5.74, 6) is -3.07. The Morgan fingerprint density at radius 2 is 1.96 bits per heavy atom. The molecular formula is C19H17FN2O3. The molecule has 2 amide bonds. The Balaban J connectivity index is 1.69. The Morgan fingerprint density at radius 3 is 2.64 bits per heavy atom. The summed E-state index contributed by atoms with van der Waals surface area (Å²) >= 11 is 0. The van der Waals surface area contributed by atoms with Crippen molar-refractivity contribution in [1.82, 2.24) is 10.2 Å². The molecule has 1 fully saturated rings. The smallest absolute Gasteiger partial charge is 0.290 e. The SMILES string of the molecule is CN1CC(C(=O)NCc2cccc(-c3ccccc3F)c2)C(=O)C1=O. The van der Waals surface area contributed by atoms with Crippen molar-refractivity contribution in [3.05, 3.63) is 59.9 Å². The zero-order valence-corrected chi connectivity index (χ0v) is 13.7. The van der Waals surface area contributed by atoms with Gasteiger partial charge in [-0.25, -0.2) is 4.39 Å². The van der Waals surface area contributed by atoms with E-state index in [-0.39, 0.29) is 18.9 Å². The Labute approximate surface area is 144 Å². The van der Waals surface area contributed by atoms with E-state index >= 15 is 0 Å². The molecule has 3 rings (SSSR count). The third-order valence-corrected chi connectivity index (χ3v) is 4.23. The summed E-state index contributed by atoms with van der Waals surface area (Å²) in [4.78, 5) is 36.6. The number of halogens is 1. The lowest BCUT2D eigenvalue weighted by Crippen LogP contribution is -2.35. The minimum atomic E-state index is -0.966. The molecule has 25 heavy (non-hydrogen) atoms. The summed E-state index contributed by atoms with van der Waals surface area (Å²) in [7, 11) is 1.49. The molecule has 128 valence electrons. The topological polar surface area (TPSA) is 66.5 Å². The molecule has 1 aliphatic heterocycles. The van der Waals surface area contributed by atoms with E-state index in [0.29, 0.717) is 11.1 Å². The molecule has 1 unspecified atom stereocenters. The van der Waals surface area contributed by atoms with Crippen molar-refractivity contribution < 1.29 is 18.8 Å². The van der Waals surface area contributed by atoms with E-state index < -0.39 is 23.5 Å². The Morgan fingerprint density at radius 1 is 1.20 bits per heavy atom. The van der Waals surface area contributed by atoms with E-state index in [4.69, 9.17) is 0 Å². The standard InChI is InChI=1S/C19H17FN2O3/c1-22-11-15(17(23)19(22)25)18(24)21-10-12-5-4-6-13(9-12)14-7-2-3-8-16(14)20/h2-9,15H,10-11H2,1H3,(H,21,24). The molecule has 0 saturated carbocycles. The van der Waals surface area contributed by atoms with E-state index in [1.165, 1.54) is 18.0 Å². The Kier molecular flexibility index (Phi) is 4.61. The molecule has 1 saturated heterocycles. The van der Waals surface area contributed by atoms with Crippen LogP contribution in [0.15, 0.2) is 48.5 Å². The van der Waals surface area contributed by atoms with Crippen molar-refractivity contribution in [3.8, 4) is 11.1 Å². The summed E-state index contributed by atoms with van der Waals surface area (Å²) in [5, 5.41) is 2.67. The maximum absolute atomic E-state index is 13.9. The third-order valence-electron chi connectivity index (χ3n) is 4.23. The molecule has 1 atom stereocenters. The second-order valence-corrected chi connectivity index (χ2v) is 6.00. The molecule has 5 nitrogen and oxygen atoms in total. The highest BCUT2D eigenvalue weighted by Crippen LogP contribution is 2.23. The lowest BCUT2D eigenvalue weighted by Gasteiger charge is -2.11. The Hall–Kier alpha value is -3.02. The van der Waals surface area contributed by atoms with Crippen molar-refractivity contribution in [2.24, 2.45) is 5.92 Å². The number of likely N-dealkylation sites (tertiary alicyclic amines) is 1. The quantitative estimate of drug-likeness (QED) is 0.681. The second kappa shape index (κ2) is 6.84. The van der Waals surface area contributed by atoms with Crippen LogP contribution >= 0.6 is 0 Å². The molecule has 1 N–H and O–H groups in total.